The fourth-order valence-electron chi connectivity index (χ4n) is 3.92. The van der Waals surface area contributed by atoms with Gasteiger partial charge in [0.2, 0.25) is 5.91 Å². The summed E-state index contributed by atoms with van der Waals surface area (Å²) in [5.41, 5.74) is 4.74. The molecule has 0 fully saturated rings. The van der Waals surface area contributed by atoms with Gasteiger partial charge in [0.1, 0.15) is 0 Å². The van der Waals surface area contributed by atoms with E-state index in [-0.39, 0.29) is 23.3 Å². The average Bonchev–Trinajstić information content (AvgIpc) is 2.78. The van der Waals surface area contributed by atoms with Gasteiger partial charge in [-0.15, -0.1) is 0 Å². The number of hydrogen-bond donors (Lipinski definition) is 2. The summed E-state index contributed by atoms with van der Waals surface area (Å²) in [4.78, 5) is 24.5. The molecule has 0 atom stereocenters. The van der Waals surface area contributed by atoms with Crippen LogP contribution in [0.3, 0.4) is 0 Å². The number of benzene rings is 4. The first-order valence-corrected chi connectivity index (χ1v) is 11.0. The Morgan fingerprint density at radius 3 is 2.09 bits per heavy atom. The Hall–Kier alpha value is -3.92. The lowest BCUT2D eigenvalue weighted by molar-refractivity contribution is -0.115. The Balaban J connectivity index is 1.54. The quantitative estimate of drug-likeness (QED) is 0.366. The molecule has 0 spiro atoms. The van der Waals surface area contributed by atoms with Gasteiger partial charge in [0.05, 0.1) is 17.7 Å². The standard InChI is InChI=1S/C29H27NO3/c1-29(2,3)24-13-11-20(12-14-24)21-10-6-7-19(15-21)16-27(31)30-26-18-23-9-5-4-8-22(23)17-25(26)28(32)33/h4-15,17-18H,16H2,1-3H3,(H,30,31)(H,32,33). The molecule has 166 valence electrons. The number of nitrogens with one attached hydrogen (secondary N) is 1. The lowest BCUT2D eigenvalue weighted by Gasteiger charge is -2.19. The van der Waals surface area contributed by atoms with E-state index in [9.17, 15) is 14.7 Å². The van der Waals surface area contributed by atoms with Gasteiger partial charge in [-0.3, -0.25) is 4.79 Å². The lowest BCUT2D eigenvalue weighted by atomic mass is 9.86. The van der Waals surface area contributed by atoms with Gasteiger partial charge in [0.25, 0.3) is 0 Å². The van der Waals surface area contributed by atoms with Crippen molar-refractivity contribution in [2.24, 2.45) is 0 Å². The van der Waals surface area contributed by atoms with Crippen LogP contribution in [0, 0.1) is 0 Å². The average molecular weight is 438 g/mol. The predicted molar refractivity (Wildman–Crippen MR) is 134 cm³/mol. The molecule has 4 nitrogen and oxygen atoms in total. The van der Waals surface area contributed by atoms with Crippen molar-refractivity contribution in [3.8, 4) is 11.1 Å². The minimum atomic E-state index is -1.07. The zero-order valence-electron chi connectivity index (χ0n) is 19.1. The van der Waals surface area contributed by atoms with Gasteiger partial charge in [-0.25, -0.2) is 4.79 Å². The molecule has 4 heteroatoms. The van der Waals surface area contributed by atoms with E-state index in [2.05, 4.69) is 50.4 Å². The van der Waals surface area contributed by atoms with E-state index >= 15 is 0 Å². The zero-order valence-corrected chi connectivity index (χ0v) is 19.1. The van der Waals surface area contributed by atoms with Crippen molar-refractivity contribution in [1.82, 2.24) is 0 Å². The summed E-state index contributed by atoms with van der Waals surface area (Å²) >= 11 is 0. The summed E-state index contributed by atoms with van der Waals surface area (Å²) in [5.74, 6) is -1.33. The molecule has 0 radical (unpaired) electrons. The molecular formula is C29H27NO3. The van der Waals surface area contributed by atoms with Crippen LogP contribution in [-0.4, -0.2) is 17.0 Å². The zero-order chi connectivity index (χ0) is 23.6. The molecule has 0 heterocycles. The van der Waals surface area contributed by atoms with Crippen LogP contribution in [0.1, 0.15) is 42.3 Å². The molecule has 0 saturated heterocycles. The molecule has 4 aromatic rings. The number of amides is 1. The maximum Gasteiger partial charge on any atom is 0.337 e. The molecule has 4 aromatic carbocycles. The second kappa shape index (κ2) is 8.91. The number of fused-ring (bicyclic) bond motifs is 1. The highest BCUT2D eigenvalue weighted by atomic mass is 16.4. The number of carboxylic acid groups (broad SMARTS) is 1. The van der Waals surface area contributed by atoms with Crippen LogP contribution in [0.25, 0.3) is 21.9 Å². The van der Waals surface area contributed by atoms with E-state index in [1.165, 1.54) is 5.56 Å². The first kappa shape index (κ1) is 22.3. The molecule has 0 aliphatic carbocycles. The van der Waals surface area contributed by atoms with Crippen molar-refractivity contribution in [3.05, 3.63) is 102 Å². The fraction of sp³-hybridized carbons (Fsp3) is 0.172. The van der Waals surface area contributed by atoms with Crippen LogP contribution >= 0.6 is 0 Å². The van der Waals surface area contributed by atoms with E-state index in [1.54, 1.807) is 12.1 Å². The summed E-state index contributed by atoms with van der Waals surface area (Å²) in [7, 11) is 0. The fourth-order valence-corrected chi connectivity index (χ4v) is 3.92. The van der Waals surface area contributed by atoms with Gasteiger partial charge in [-0.05, 0) is 50.6 Å². The topological polar surface area (TPSA) is 66.4 Å². The number of hydrogen-bond acceptors (Lipinski definition) is 2. The second-order valence-electron chi connectivity index (χ2n) is 9.30. The SMILES string of the molecule is CC(C)(C)c1ccc(-c2cccc(CC(=O)Nc3cc4ccccc4cc3C(=O)O)c2)cc1. The van der Waals surface area contributed by atoms with Crippen LogP contribution in [0.2, 0.25) is 0 Å². The Labute approximate surface area is 193 Å². The van der Waals surface area contributed by atoms with Crippen LogP contribution in [0.5, 0.6) is 0 Å². The van der Waals surface area contributed by atoms with Crippen molar-refractivity contribution in [1.29, 1.82) is 0 Å². The monoisotopic (exact) mass is 437 g/mol. The third kappa shape index (κ3) is 5.12. The number of carboxylic acids is 1. The molecule has 0 bridgehead atoms. The Kier molecular flexibility index (Phi) is 6.01. The molecule has 0 saturated carbocycles. The van der Waals surface area contributed by atoms with Crippen molar-refractivity contribution in [2.75, 3.05) is 5.32 Å². The number of rotatable bonds is 5. The van der Waals surface area contributed by atoms with E-state index in [4.69, 9.17) is 0 Å². The third-order valence-corrected chi connectivity index (χ3v) is 5.77. The first-order valence-electron chi connectivity index (χ1n) is 11.0. The number of carbonyl (C=O) groups excluding carboxylic acids is 1. The van der Waals surface area contributed by atoms with Gasteiger partial charge in [-0.2, -0.15) is 0 Å². The van der Waals surface area contributed by atoms with Crippen molar-refractivity contribution >= 4 is 28.3 Å². The van der Waals surface area contributed by atoms with E-state index in [0.717, 1.165) is 27.5 Å². The molecule has 0 aromatic heterocycles. The van der Waals surface area contributed by atoms with Crippen LogP contribution in [-0.2, 0) is 16.6 Å². The van der Waals surface area contributed by atoms with Crippen LogP contribution in [0.4, 0.5) is 5.69 Å². The lowest BCUT2D eigenvalue weighted by Crippen LogP contribution is -2.17. The van der Waals surface area contributed by atoms with Crippen molar-refractivity contribution < 1.29 is 14.7 Å². The molecule has 33 heavy (non-hydrogen) atoms. The molecule has 1 amide bonds. The highest BCUT2D eigenvalue weighted by Gasteiger charge is 2.15. The molecule has 2 N–H and O–H groups in total. The van der Waals surface area contributed by atoms with Crippen LogP contribution < -0.4 is 5.32 Å². The maximum atomic E-state index is 12.8. The van der Waals surface area contributed by atoms with E-state index in [1.807, 2.05) is 48.5 Å². The maximum absolute atomic E-state index is 12.8. The highest BCUT2D eigenvalue weighted by Crippen LogP contribution is 2.27. The largest absolute Gasteiger partial charge is 0.478 e. The molecule has 0 aliphatic heterocycles. The summed E-state index contributed by atoms with van der Waals surface area (Å²) < 4.78 is 0. The molecule has 4 rings (SSSR count). The smallest absolute Gasteiger partial charge is 0.337 e. The third-order valence-electron chi connectivity index (χ3n) is 5.77. The van der Waals surface area contributed by atoms with Gasteiger partial charge in [-0.1, -0.05) is 93.6 Å². The summed E-state index contributed by atoms with van der Waals surface area (Å²) in [6.45, 7) is 6.56. The van der Waals surface area contributed by atoms with E-state index < -0.39 is 5.97 Å². The second-order valence-corrected chi connectivity index (χ2v) is 9.30. The highest BCUT2D eigenvalue weighted by molar-refractivity contribution is 6.05. The first-order chi connectivity index (χ1) is 15.7. The molecular weight excluding hydrogens is 410 g/mol. The molecule has 0 aliphatic rings. The number of carbonyl (C=O) groups is 2. The van der Waals surface area contributed by atoms with Gasteiger partial charge in [0.15, 0.2) is 0 Å². The van der Waals surface area contributed by atoms with Crippen molar-refractivity contribution in [2.45, 2.75) is 32.6 Å². The number of anilines is 1. The van der Waals surface area contributed by atoms with Crippen LogP contribution in [0.15, 0.2) is 84.9 Å². The van der Waals surface area contributed by atoms with Gasteiger partial charge < -0.3 is 10.4 Å². The van der Waals surface area contributed by atoms with Gasteiger partial charge in [0, 0.05) is 0 Å². The normalized spacial score (nSPS) is 11.4. The number of aromatic carboxylic acids is 1. The predicted octanol–water partition coefficient (Wildman–Crippen LogP) is 6.68. The Bertz CT molecular complexity index is 1330. The molecule has 0 unspecified atom stereocenters. The summed E-state index contributed by atoms with van der Waals surface area (Å²) in [6.07, 6.45) is 0.153. The Morgan fingerprint density at radius 2 is 1.45 bits per heavy atom. The minimum absolute atomic E-state index is 0.0785. The summed E-state index contributed by atoms with van der Waals surface area (Å²) in [5, 5.41) is 14.1. The summed E-state index contributed by atoms with van der Waals surface area (Å²) in [6, 6.07) is 27.2. The van der Waals surface area contributed by atoms with Crippen molar-refractivity contribution in [3.63, 3.8) is 0 Å². The van der Waals surface area contributed by atoms with Gasteiger partial charge >= 0.3 is 5.97 Å². The van der Waals surface area contributed by atoms with E-state index in [0.29, 0.717) is 5.69 Å². The minimum Gasteiger partial charge on any atom is -0.478 e. The Morgan fingerprint density at radius 1 is 0.788 bits per heavy atom.